The fourth-order valence-electron chi connectivity index (χ4n) is 4.37. The summed E-state index contributed by atoms with van der Waals surface area (Å²) in [6, 6.07) is 17.8. The minimum Gasteiger partial charge on any atom is -0.497 e. The first kappa shape index (κ1) is 32.5. The van der Waals surface area contributed by atoms with Crippen molar-refractivity contribution in [1.29, 1.82) is 0 Å². The number of nitrogens with zero attached hydrogens (tertiary/aromatic N) is 2. The zero-order valence-corrected chi connectivity index (χ0v) is 26.4. The molecule has 0 aliphatic heterocycles. The van der Waals surface area contributed by atoms with Gasteiger partial charge in [-0.3, -0.25) is 13.9 Å². The average molecular weight is 596 g/mol. The van der Waals surface area contributed by atoms with Crippen molar-refractivity contribution in [3.63, 3.8) is 0 Å². The number of rotatable bonds is 11. The van der Waals surface area contributed by atoms with Crippen molar-refractivity contribution < 1.29 is 27.5 Å². The van der Waals surface area contributed by atoms with Crippen molar-refractivity contribution in [3.05, 3.63) is 83.4 Å². The molecule has 3 aromatic rings. The Labute approximate surface area is 249 Å². The Kier molecular flexibility index (Phi) is 10.3. The standard InChI is InChI=1S/C32H41N3O6S/c1-22-13-16-27(17-14-22)42(38,39)35(28-19-26(40-7)15-18-29(28)41-8)21-30(36)34(20-25-12-10-9-11-23(25)2)24(3)31(37)33-32(4,5)6/h9-19,24H,20-21H2,1-8H3,(H,33,37)/t24-/m1/s1. The molecule has 0 fully saturated rings. The van der Waals surface area contributed by atoms with Crippen LogP contribution in [-0.4, -0.2) is 57.5 Å². The van der Waals surface area contributed by atoms with Gasteiger partial charge in [-0.05, 0) is 76.9 Å². The van der Waals surface area contributed by atoms with Gasteiger partial charge in [0.25, 0.3) is 10.0 Å². The lowest BCUT2D eigenvalue weighted by Gasteiger charge is -2.34. The van der Waals surface area contributed by atoms with Crippen molar-refractivity contribution in [3.8, 4) is 11.5 Å². The Balaban J connectivity index is 2.14. The van der Waals surface area contributed by atoms with Crippen LogP contribution in [-0.2, 0) is 26.2 Å². The van der Waals surface area contributed by atoms with Gasteiger partial charge in [0.1, 0.15) is 24.1 Å². The summed E-state index contributed by atoms with van der Waals surface area (Å²) in [4.78, 5) is 28.9. The predicted octanol–water partition coefficient (Wildman–Crippen LogP) is 4.85. The maximum atomic E-state index is 14.2. The Hall–Kier alpha value is -4.05. The third-order valence-corrected chi connectivity index (χ3v) is 8.58. The maximum absolute atomic E-state index is 14.2. The first-order chi connectivity index (χ1) is 19.7. The number of carbonyl (C=O) groups is 2. The van der Waals surface area contributed by atoms with Crippen molar-refractivity contribution in [2.75, 3.05) is 25.1 Å². The van der Waals surface area contributed by atoms with Gasteiger partial charge in [-0.25, -0.2) is 8.42 Å². The largest absolute Gasteiger partial charge is 0.497 e. The second-order valence-electron chi connectivity index (χ2n) is 11.2. The molecule has 0 radical (unpaired) electrons. The van der Waals surface area contributed by atoms with Gasteiger partial charge in [-0.2, -0.15) is 0 Å². The zero-order valence-electron chi connectivity index (χ0n) is 25.6. The highest BCUT2D eigenvalue weighted by Gasteiger charge is 2.35. The van der Waals surface area contributed by atoms with Crippen LogP contribution < -0.4 is 19.1 Å². The number of amides is 2. The number of ether oxygens (including phenoxy) is 2. The molecule has 2 amide bonds. The van der Waals surface area contributed by atoms with Gasteiger partial charge in [-0.1, -0.05) is 42.0 Å². The minimum absolute atomic E-state index is 0.00903. The second-order valence-corrected chi connectivity index (χ2v) is 13.1. The van der Waals surface area contributed by atoms with Crippen molar-refractivity contribution in [1.82, 2.24) is 10.2 Å². The number of sulfonamides is 1. The number of carbonyl (C=O) groups excluding carboxylic acids is 2. The number of hydrogen-bond donors (Lipinski definition) is 1. The van der Waals surface area contributed by atoms with Crippen LogP contribution in [0, 0.1) is 13.8 Å². The van der Waals surface area contributed by atoms with E-state index in [4.69, 9.17) is 9.47 Å². The van der Waals surface area contributed by atoms with E-state index in [9.17, 15) is 18.0 Å². The number of hydrogen-bond acceptors (Lipinski definition) is 6. The normalized spacial score (nSPS) is 12.3. The topological polar surface area (TPSA) is 105 Å². The Morgan fingerprint density at radius 3 is 2.14 bits per heavy atom. The van der Waals surface area contributed by atoms with Crippen LogP contribution in [0.3, 0.4) is 0 Å². The SMILES string of the molecule is COc1ccc(OC)c(N(CC(=O)N(Cc2ccccc2C)[C@H](C)C(=O)NC(C)(C)C)S(=O)(=O)c2ccc(C)cc2)c1. The van der Waals surface area contributed by atoms with Crippen LogP contribution in [0.25, 0.3) is 0 Å². The van der Waals surface area contributed by atoms with E-state index in [0.717, 1.165) is 21.0 Å². The zero-order chi connectivity index (χ0) is 31.2. The third kappa shape index (κ3) is 7.82. The molecule has 0 aliphatic carbocycles. The molecule has 0 aromatic heterocycles. The molecule has 3 rings (SSSR count). The van der Waals surface area contributed by atoms with E-state index in [1.54, 1.807) is 31.2 Å². The highest BCUT2D eigenvalue weighted by Crippen LogP contribution is 2.36. The molecule has 1 N–H and O–H groups in total. The first-order valence-electron chi connectivity index (χ1n) is 13.7. The molecule has 0 bridgehead atoms. The number of aryl methyl sites for hydroxylation is 2. The number of nitrogens with one attached hydrogen (secondary N) is 1. The van der Waals surface area contributed by atoms with E-state index in [1.165, 1.54) is 37.3 Å². The van der Waals surface area contributed by atoms with Gasteiger partial charge < -0.3 is 19.7 Å². The van der Waals surface area contributed by atoms with E-state index >= 15 is 0 Å². The molecule has 0 spiro atoms. The molecule has 0 unspecified atom stereocenters. The molecule has 10 heteroatoms. The molecule has 42 heavy (non-hydrogen) atoms. The van der Waals surface area contributed by atoms with Crippen LogP contribution in [0.5, 0.6) is 11.5 Å². The Morgan fingerprint density at radius 1 is 0.929 bits per heavy atom. The number of methoxy groups -OCH3 is 2. The summed E-state index contributed by atoms with van der Waals surface area (Å²) in [7, 11) is -1.37. The fraction of sp³-hybridized carbons (Fsp3) is 0.375. The predicted molar refractivity (Wildman–Crippen MR) is 164 cm³/mol. The summed E-state index contributed by atoms with van der Waals surface area (Å²) < 4.78 is 40.2. The lowest BCUT2D eigenvalue weighted by atomic mass is 10.1. The lowest BCUT2D eigenvalue weighted by Crippen LogP contribution is -2.54. The van der Waals surface area contributed by atoms with E-state index < -0.39 is 34.1 Å². The number of anilines is 1. The van der Waals surface area contributed by atoms with Crippen LogP contribution >= 0.6 is 0 Å². The molecule has 0 saturated heterocycles. The fourth-order valence-corrected chi connectivity index (χ4v) is 5.79. The van der Waals surface area contributed by atoms with E-state index in [1.807, 2.05) is 58.9 Å². The molecule has 9 nitrogen and oxygen atoms in total. The lowest BCUT2D eigenvalue weighted by molar-refractivity contribution is -0.140. The van der Waals surface area contributed by atoms with Crippen LogP contribution in [0.2, 0.25) is 0 Å². The molecular weight excluding hydrogens is 554 g/mol. The number of benzene rings is 3. The molecule has 226 valence electrons. The van der Waals surface area contributed by atoms with Crippen molar-refractivity contribution in [2.24, 2.45) is 0 Å². The molecule has 0 aliphatic rings. The van der Waals surface area contributed by atoms with Crippen LogP contribution in [0.4, 0.5) is 5.69 Å². The van der Waals surface area contributed by atoms with Crippen LogP contribution in [0.1, 0.15) is 44.4 Å². The summed E-state index contributed by atoms with van der Waals surface area (Å²) in [6.45, 7) is 10.5. The highest BCUT2D eigenvalue weighted by molar-refractivity contribution is 7.92. The summed E-state index contributed by atoms with van der Waals surface area (Å²) in [5, 5.41) is 2.93. The molecular formula is C32H41N3O6S. The summed E-state index contributed by atoms with van der Waals surface area (Å²) >= 11 is 0. The van der Waals surface area contributed by atoms with Gasteiger partial charge in [0.2, 0.25) is 11.8 Å². The van der Waals surface area contributed by atoms with Gasteiger partial charge in [0.15, 0.2) is 0 Å². The van der Waals surface area contributed by atoms with Gasteiger partial charge in [0.05, 0.1) is 24.8 Å². The minimum atomic E-state index is -4.26. The first-order valence-corrected chi connectivity index (χ1v) is 15.1. The molecule has 0 saturated carbocycles. The van der Waals surface area contributed by atoms with Gasteiger partial charge in [0, 0.05) is 18.2 Å². The van der Waals surface area contributed by atoms with Gasteiger partial charge >= 0.3 is 0 Å². The van der Waals surface area contributed by atoms with Gasteiger partial charge in [-0.15, -0.1) is 0 Å². The van der Waals surface area contributed by atoms with E-state index in [2.05, 4.69) is 5.32 Å². The molecule has 0 heterocycles. The Bertz CT molecular complexity index is 1510. The quantitative estimate of drug-likeness (QED) is 0.340. The molecule has 3 aromatic carbocycles. The van der Waals surface area contributed by atoms with E-state index in [-0.39, 0.29) is 28.8 Å². The summed E-state index contributed by atoms with van der Waals surface area (Å²) in [5.41, 5.74) is 2.27. The summed E-state index contributed by atoms with van der Waals surface area (Å²) in [6.07, 6.45) is 0. The molecule has 1 atom stereocenters. The average Bonchev–Trinajstić information content (AvgIpc) is 2.93. The Morgan fingerprint density at radius 2 is 1.57 bits per heavy atom. The smallest absolute Gasteiger partial charge is 0.264 e. The van der Waals surface area contributed by atoms with Crippen LogP contribution in [0.15, 0.2) is 71.6 Å². The second kappa shape index (κ2) is 13.3. The summed E-state index contributed by atoms with van der Waals surface area (Å²) in [5.74, 6) is -0.285. The van der Waals surface area contributed by atoms with Crippen molar-refractivity contribution >= 4 is 27.5 Å². The highest BCUT2D eigenvalue weighted by atomic mass is 32.2. The third-order valence-electron chi connectivity index (χ3n) is 6.81. The monoisotopic (exact) mass is 595 g/mol. The van der Waals surface area contributed by atoms with Crippen molar-refractivity contribution in [2.45, 2.75) is 64.6 Å². The maximum Gasteiger partial charge on any atom is 0.264 e. The van der Waals surface area contributed by atoms with E-state index in [0.29, 0.717) is 5.75 Å².